The van der Waals surface area contributed by atoms with Gasteiger partial charge in [-0.3, -0.25) is 14.6 Å². The number of carbonyl (C=O) groups is 1. The summed E-state index contributed by atoms with van der Waals surface area (Å²) in [6.07, 6.45) is 4.25. The first-order valence-electron chi connectivity index (χ1n) is 9.17. The third-order valence-corrected chi connectivity index (χ3v) is 4.58. The maximum absolute atomic E-state index is 13.7. The fraction of sp³-hybridized carbons (Fsp3) is 0.143. The first-order valence-corrected chi connectivity index (χ1v) is 9.17. The molecule has 0 aliphatic rings. The smallest absolute Gasteiger partial charge is 0.387 e. The Morgan fingerprint density at radius 1 is 1.09 bits per heavy atom. The van der Waals surface area contributed by atoms with Crippen LogP contribution in [0.1, 0.15) is 16.1 Å². The summed E-state index contributed by atoms with van der Waals surface area (Å²) in [4.78, 5) is 20.3. The number of benzene rings is 2. The van der Waals surface area contributed by atoms with Gasteiger partial charge in [0.25, 0.3) is 0 Å². The lowest BCUT2D eigenvalue weighted by Gasteiger charge is -2.09. The molecule has 4 aromatic rings. The first kappa shape index (κ1) is 21.1. The van der Waals surface area contributed by atoms with Crippen LogP contribution in [0.25, 0.3) is 22.2 Å². The standard InChI is InChI=1S/C21H15F3N4O4/c1-31-15-3-11(2-13(22)5-15)18-9-25-14(8-26-18)10-28-19-12(7-27-28)4-16(32-21(23)24)6-17(19)20(29)30/h2-9,21H,10H2,1H3,(H,29,30). The van der Waals surface area contributed by atoms with Crippen molar-refractivity contribution in [3.8, 4) is 22.8 Å². The normalized spacial score (nSPS) is 11.2. The number of hydrogen-bond donors (Lipinski definition) is 1. The second-order valence-electron chi connectivity index (χ2n) is 6.67. The Balaban J connectivity index is 1.65. The molecular weight excluding hydrogens is 429 g/mol. The van der Waals surface area contributed by atoms with Crippen LogP contribution in [-0.2, 0) is 6.54 Å². The fourth-order valence-electron chi connectivity index (χ4n) is 3.23. The van der Waals surface area contributed by atoms with Crippen molar-refractivity contribution in [2.24, 2.45) is 0 Å². The average molecular weight is 444 g/mol. The predicted octanol–water partition coefficient (Wildman–Crippen LogP) is 3.99. The number of carboxylic acid groups (broad SMARTS) is 1. The highest BCUT2D eigenvalue weighted by Gasteiger charge is 2.18. The maximum Gasteiger partial charge on any atom is 0.387 e. The number of alkyl halides is 2. The molecule has 0 atom stereocenters. The van der Waals surface area contributed by atoms with E-state index in [0.29, 0.717) is 28.1 Å². The van der Waals surface area contributed by atoms with Crippen LogP contribution in [0.2, 0.25) is 0 Å². The zero-order valence-corrected chi connectivity index (χ0v) is 16.5. The van der Waals surface area contributed by atoms with Gasteiger partial charge in [0.2, 0.25) is 0 Å². The number of hydrogen-bond acceptors (Lipinski definition) is 6. The van der Waals surface area contributed by atoms with Crippen molar-refractivity contribution >= 4 is 16.9 Å². The molecule has 8 nitrogen and oxygen atoms in total. The number of aromatic nitrogens is 4. The van der Waals surface area contributed by atoms with Gasteiger partial charge in [0.1, 0.15) is 17.3 Å². The van der Waals surface area contributed by atoms with Crippen LogP contribution in [0, 0.1) is 5.82 Å². The molecule has 164 valence electrons. The Morgan fingerprint density at radius 2 is 1.91 bits per heavy atom. The first-order chi connectivity index (χ1) is 15.3. The molecule has 4 rings (SSSR count). The van der Waals surface area contributed by atoms with Crippen molar-refractivity contribution < 1.29 is 32.5 Å². The van der Waals surface area contributed by atoms with Crippen LogP contribution in [0.5, 0.6) is 11.5 Å². The Hall–Kier alpha value is -4.15. The highest BCUT2D eigenvalue weighted by molar-refractivity contribution is 6.02. The molecule has 0 saturated heterocycles. The number of carboxylic acids is 1. The van der Waals surface area contributed by atoms with Crippen molar-refractivity contribution in [1.29, 1.82) is 0 Å². The lowest BCUT2D eigenvalue weighted by atomic mass is 10.1. The van der Waals surface area contributed by atoms with Crippen molar-refractivity contribution in [1.82, 2.24) is 19.7 Å². The lowest BCUT2D eigenvalue weighted by Crippen LogP contribution is -2.09. The molecule has 0 amide bonds. The van der Waals surface area contributed by atoms with Crippen LogP contribution in [0.3, 0.4) is 0 Å². The molecule has 2 aromatic carbocycles. The van der Waals surface area contributed by atoms with Gasteiger partial charge in [-0.25, -0.2) is 9.18 Å². The van der Waals surface area contributed by atoms with E-state index in [0.717, 1.165) is 6.07 Å². The number of methoxy groups -OCH3 is 1. The molecule has 0 aliphatic heterocycles. The molecule has 0 radical (unpaired) electrons. The molecule has 0 aliphatic carbocycles. The number of fused-ring (bicyclic) bond motifs is 1. The summed E-state index contributed by atoms with van der Waals surface area (Å²) in [7, 11) is 1.43. The minimum Gasteiger partial charge on any atom is -0.497 e. The highest BCUT2D eigenvalue weighted by atomic mass is 19.3. The van der Waals surface area contributed by atoms with Gasteiger partial charge in [0.15, 0.2) is 0 Å². The maximum atomic E-state index is 13.7. The Morgan fingerprint density at radius 3 is 2.56 bits per heavy atom. The van der Waals surface area contributed by atoms with E-state index in [1.807, 2.05) is 0 Å². The second kappa shape index (κ2) is 8.53. The monoisotopic (exact) mass is 444 g/mol. The molecule has 0 fully saturated rings. The number of rotatable bonds is 7. The number of halogens is 3. The Labute approximate surface area is 178 Å². The van der Waals surface area contributed by atoms with Gasteiger partial charge in [-0.05, 0) is 24.3 Å². The lowest BCUT2D eigenvalue weighted by molar-refractivity contribution is -0.0498. The second-order valence-corrected chi connectivity index (χ2v) is 6.67. The summed E-state index contributed by atoms with van der Waals surface area (Å²) in [6.45, 7) is -3.02. The van der Waals surface area contributed by atoms with Crippen LogP contribution < -0.4 is 9.47 Å². The van der Waals surface area contributed by atoms with E-state index in [9.17, 15) is 23.1 Å². The average Bonchev–Trinajstić information content (AvgIpc) is 3.15. The zero-order valence-electron chi connectivity index (χ0n) is 16.5. The predicted molar refractivity (Wildman–Crippen MR) is 106 cm³/mol. The van der Waals surface area contributed by atoms with E-state index in [-0.39, 0.29) is 23.4 Å². The van der Waals surface area contributed by atoms with E-state index in [4.69, 9.17) is 4.74 Å². The topological polar surface area (TPSA) is 99.4 Å². The largest absolute Gasteiger partial charge is 0.497 e. The summed E-state index contributed by atoms with van der Waals surface area (Å²) in [5.74, 6) is -1.74. The third-order valence-electron chi connectivity index (χ3n) is 4.58. The summed E-state index contributed by atoms with van der Waals surface area (Å²) in [5, 5.41) is 14.0. The van der Waals surface area contributed by atoms with E-state index >= 15 is 0 Å². The van der Waals surface area contributed by atoms with Crippen molar-refractivity contribution in [2.75, 3.05) is 7.11 Å². The fourth-order valence-corrected chi connectivity index (χ4v) is 3.23. The van der Waals surface area contributed by atoms with Gasteiger partial charge in [0.05, 0.1) is 54.7 Å². The molecule has 1 N–H and O–H groups in total. The number of aromatic carboxylic acids is 1. The number of nitrogens with zero attached hydrogens (tertiary/aromatic N) is 4. The minimum absolute atomic E-state index is 0.0680. The third kappa shape index (κ3) is 4.31. The molecule has 11 heteroatoms. The summed E-state index contributed by atoms with van der Waals surface area (Å²) < 4.78 is 49.6. The van der Waals surface area contributed by atoms with Gasteiger partial charge in [-0.15, -0.1) is 0 Å². The van der Waals surface area contributed by atoms with Crippen LogP contribution in [0.15, 0.2) is 48.9 Å². The minimum atomic E-state index is -3.09. The molecular formula is C21H15F3N4O4. The van der Waals surface area contributed by atoms with Gasteiger partial charge < -0.3 is 14.6 Å². The SMILES string of the molecule is COc1cc(F)cc(-c2cnc(Cn3ncc4cc(OC(F)F)cc(C(=O)O)c43)cn2)c1. The van der Waals surface area contributed by atoms with Crippen molar-refractivity contribution in [2.45, 2.75) is 13.2 Å². The van der Waals surface area contributed by atoms with Crippen LogP contribution in [0.4, 0.5) is 13.2 Å². The van der Waals surface area contributed by atoms with Crippen molar-refractivity contribution in [3.05, 3.63) is 66.0 Å². The summed E-state index contributed by atoms with van der Waals surface area (Å²) in [6, 6.07) is 6.45. The zero-order chi connectivity index (χ0) is 22.8. The molecule has 2 heterocycles. The molecule has 0 bridgehead atoms. The highest BCUT2D eigenvalue weighted by Crippen LogP contribution is 2.28. The molecule has 0 saturated carbocycles. The van der Waals surface area contributed by atoms with E-state index in [1.165, 1.54) is 48.6 Å². The number of ether oxygens (including phenoxy) is 2. The van der Waals surface area contributed by atoms with Crippen LogP contribution >= 0.6 is 0 Å². The Bertz CT molecular complexity index is 1290. The Kier molecular flexibility index (Phi) is 5.63. The molecule has 0 unspecified atom stereocenters. The van der Waals surface area contributed by atoms with Crippen molar-refractivity contribution in [3.63, 3.8) is 0 Å². The molecule has 2 aromatic heterocycles. The van der Waals surface area contributed by atoms with E-state index in [1.54, 1.807) is 6.07 Å². The summed E-state index contributed by atoms with van der Waals surface area (Å²) in [5.41, 5.74) is 1.32. The van der Waals surface area contributed by atoms with Gasteiger partial charge in [0, 0.05) is 17.0 Å². The summed E-state index contributed by atoms with van der Waals surface area (Å²) >= 11 is 0. The van der Waals surface area contributed by atoms with Gasteiger partial charge in [-0.2, -0.15) is 13.9 Å². The van der Waals surface area contributed by atoms with Gasteiger partial charge >= 0.3 is 12.6 Å². The quantitative estimate of drug-likeness (QED) is 0.460. The molecule has 32 heavy (non-hydrogen) atoms. The molecule has 0 spiro atoms. The van der Waals surface area contributed by atoms with E-state index in [2.05, 4.69) is 19.8 Å². The van der Waals surface area contributed by atoms with Crippen LogP contribution in [-0.4, -0.2) is 44.5 Å². The van der Waals surface area contributed by atoms with E-state index < -0.39 is 18.4 Å². The van der Waals surface area contributed by atoms with Gasteiger partial charge in [-0.1, -0.05) is 0 Å².